The van der Waals surface area contributed by atoms with Crippen molar-refractivity contribution in [3.8, 4) is 0 Å². The van der Waals surface area contributed by atoms with Crippen molar-refractivity contribution < 1.29 is 18.3 Å². The van der Waals surface area contributed by atoms with Crippen molar-refractivity contribution in [2.75, 3.05) is 12.3 Å². The maximum Gasteiger partial charge on any atom is 0.307 e. The van der Waals surface area contributed by atoms with Gasteiger partial charge in [-0.25, -0.2) is 13.1 Å². The molecule has 1 unspecified atom stereocenters. The number of carboxylic acids is 1. The lowest BCUT2D eigenvalue weighted by molar-refractivity contribution is -0.141. The largest absolute Gasteiger partial charge is 0.481 e. The van der Waals surface area contributed by atoms with Gasteiger partial charge in [0, 0.05) is 6.54 Å². The molecule has 0 fully saturated rings. The van der Waals surface area contributed by atoms with Crippen molar-refractivity contribution in [1.82, 2.24) is 4.72 Å². The topological polar surface area (TPSA) is 83.5 Å². The molecule has 0 amide bonds. The molecular weight excluding hydrogens is 242 g/mol. The number of hydrogen-bond donors (Lipinski definition) is 2. The standard InChI is InChI=1S/C11H23NO4S/c1-5-6-9(10(13)14)7-12-17(15,16)8-11(2,3)4/h9,12H,5-8H2,1-4H3,(H,13,14). The van der Waals surface area contributed by atoms with E-state index in [4.69, 9.17) is 5.11 Å². The molecular formula is C11H23NO4S. The monoisotopic (exact) mass is 265 g/mol. The van der Waals surface area contributed by atoms with E-state index in [0.29, 0.717) is 6.42 Å². The second kappa shape index (κ2) is 6.35. The van der Waals surface area contributed by atoms with Crippen LogP contribution in [0.3, 0.4) is 0 Å². The van der Waals surface area contributed by atoms with Crippen molar-refractivity contribution in [3.63, 3.8) is 0 Å². The van der Waals surface area contributed by atoms with Crippen molar-refractivity contribution in [2.45, 2.75) is 40.5 Å². The lowest BCUT2D eigenvalue weighted by atomic mass is 10.0. The van der Waals surface area contributed by atoms with E-state index in [2.05, 4.69) is 4.72 Å². The van der Waals surface area contributed by atoms with Crippen LogP contribution in [0, 0.1) is 11.3 Å². The van der Waals surface area contributed by atoms with Gasteiger partial charge in [-0.15, -0.1) is 0 Å². The third kappa shape index (κ3) is 8.15. The molecule has 0 bridgehead atoms. The van der Waals surface area contributed by atoms with Gasteiger partial charge in [0.25, 0.3) is 0 Å². The molecule has 0 aromatic carbocycles. The first-order chi connectivity index (χ1) is 7.57. The Morgan fingerprint density at radius 2 is 1.88 bits per heavy atom. The van der Waals surface area contributed by atoms with Gasteiger partial charge in [0.15, 0.2) is 0 Å². The highest BCUT2D eigenvalue weighted by molar-refractivity contribution is 7.89. The third-order valence-electron chi connectivity index (χ3n) is 2.16. The van der Waals surface area contributed by atoms with E-state index in [1.807, 2.05) is 27.7 Å². The molecule has 0 aliphatic carbocycles. The third-order valence-corrected chi connectivity index (χ3v) is 4.01. The number of hydrogen-bond acceptors (Lipinski definition) is 3. The summed E-state index contributed by atoms with van der Waals surface area (Å²) < 4.78 is 25.7. The molecule has 0 aliphatic heterocycles. The highest BCUT2D eigenvalue weighted by Crippen LogP contribution is 2.15. The zero-order valence-electron chi connectivity index (χ0n) is 11.0. The summed E-state index contributed by atoms with van der Waals surface area (Å²) in [7, 11) is -3.40. The van der Waals surface area contributed by atoms with Crippen LogP contribution in [-0.2, 0) is 14.8 Å². The summed E-state index contributed by atoms with van der Waals surface area (Å²) in [5.74, 6) is -1.60. The number of aliphatic carboxylic acids is 1. The van der Waals surface area contributed by atoms with Crippen LogP contribution in [-0.4, -0.2) is 31.8 Å². The molecule has 0 saturated carbocycles. The van der Waals surface area contributed by atoms with Crippen molar-refractivity contribution in [3.05, 3.63) is 0 Å². The lowest BCUT2D eigenvalue weighted by Gasteiger charge is -2.19. The molecule has 1 atom stereocenters. The SMILES string of the molecule is CCCC(CNS(=O)(=O)CC(C)(C)C)C(=O)O. The Balaban J connectivity index is 4.39. The number of carboxylic acid groups (broad SMARTS) is 1. The van der Waals surface area contributed by atoms with Gasteiger partial charge in [-0.2, -0.15) is 0 Å². The van der Waals surface area contributed by atoms with Crippen molar-refractivity contribution in [2.24, 2.45) is 11.3 Å². The van der Waals surface area contributed by atoms with Crippen LogP contribution in [0.1, 0.15) is 40.5 Å². The van der Waals surface area contributed by atoms with Crippen LogP contribution in [0.4, 0.5) is 0 Å². The average Bonchev–Trinajstić information content (AvgIpc) is 2.07. The molecule has 102 valence electrons. The fraction of sp³-hybridized carbons (Fsp3) is 0.909. The van der Waals surface area contributed by atoms with E-state index in [-0.39, 0.29) is 17.7 Å². The molecule has 0 rings (SSSR count). The number of rotatable bonds is 7. The van der Waals surface area contributed by atoms with Crippen LogP contribution >= 0.6 is 0 Å². The fourth-order valence-corrected chi connectivity index (χ4v) is 3.21. The highest BCUT2D eigenvalue weighted by atomic mass is 32.2. The Morgan fingerprint density at radius 3 is 2.24 bits per heavy atom. The molecule has 6 heteroatoms. The van der Waals surface area contributed by atoms with Crippen LogP contribution in [0.15, 0.2) is 0 Å². The number of sulfonamides is 1. The van der Waals surface area contributed by atoms with Crippen molar-refractivity contribution >= 4 is 16.0 Å². The van der Waals surface area contributed by atoms with Crippen molar-refractivity contribution in [1.29, 1.82) is 0 Å². The maximum atomic E-state index is 11.7. The molecule has 0 saturated heterocycles. The normalized spacial score (nSPS) is 14.6. The number of nitrogens with one attached hydrogen (secondary N) is 1. The quantitative estimate of drug-likeness (QED) is 0.730. The highest BCUT2D eigenvalue weighted by Gasteiger charge is 2.24. The Labute approximate surface area is 104 Å². The molecule has 2 N–H and O–H groups in total. The maximum absolute atomic E-state index is 11.7. The van der Waals surface area contributed by atoms with Gasteiger partial charge < -0.3 is 5.11 Å². The minimum atomic E-state index is -3.40. The van der Waals surface area contributed by atoms with E-state index >= 15 is 0 Å². The Bertz CT molecular complexity index is 343. The first kappa shape index (κ1) is 16.4. The van der Waals surface area contributed by atoms with Crippen LogP contribution in [0.2, 0.25) is 0 Å². The van der Waals surface area contributed by atoms with Gasteiger partial charge in [-0.3, -0.25) is 4.79 Å². The molecule has 17 heavy (non-hydrogen) atoms. The summed E-state index contributed by atoms with van der Waals surface area (Å²) >= 11 is 0. The molecule has 0 heterocycles. The summed E-state index contributed by atoms with van der Waals surface area (Å²) in [6.07, 6.45) is 1.20. The second-order valence-electron chi connectivity index (χ2n) is 5.49. The minimum Gasteiger partial charge on any atom is -0.481 e. The van der Waals surface area contributed by atoms with Gasteiger partial charge in [-0.05, 0) is 11.8 Å². The van der Waals surface area contributed by atoms with Crippen LogP contribution in [0.5, 0.6) is 0 Å². The average molecular weight is 265 g/mol. The molecule has 0 aliphatic rings. The minimum absolute atomic E-state index is 0.00152. The second-order valence-corrected chi connectivity index (χ2v) is 7.30. The van der Waals surface area contributed by atoms with E-state index in [1.54, 1.807) is 0 Å². The van der Waals surface area contributed by atoms with E-state index in [9.17, 15) is 13.2 Å². The predicted molar refractivity (Wildman–Crippen MR) is 67.3 cm³/mol. The summed E-state index contributed by atoms with van der Waals surface area (Å²) in [5, 5.41) is 8.90. The van der Waals surface area contributed by atoms with E-state index < -0.39 is 21.9 Å². The van der Waals surface area contributed by atoms with Crippen LogP contribution in [0.25, 0.3) is 0 Å². The van der Waals surface area contributed by atoms with E-state index in [1.165, 1.54) is 0 Å². The van der Waals surface area contributed by atoms with Gasteiger partial charge in [0.2, 0.25) is 10.0 Å². The fourth-order valence-electron chi connectivity index (χ4n) is 1.51. The predicted octanol–water partition coefficient (Wildman–Crippen LogP) is 1.45. The first-order valence-corrected chi connectivity index (χ1v) is 7.43. The zero-order chi connectivity index (χ0) is 13.7. The molecule has 0 aromatic rings. The Hall–Kier alpha value is -0.620. The van der Waals surface area contributed by atoms with Gasteiger partial charge in [-0.1, -0.05) is 34.1 Å². The first-order valence-electron chi connectivity index (χ1n) is 5.77. The van der Waals surface area contributed by atoms with Gasteiger partial charge in [0.1, 0.15) is 0 Å². The van der Waals surface area contributed by atoms with Gasteiger partial charge >= 0.3 is 5.97 Å². The molecule has 0 radical (unpaired) electrons. The molecule has 5 nitrogen and oxygen atoms in total. The lowest BCUT2D eigenvalue weighted by Crippen LogP contribution is -2.37. The molecule has 0 spiro atoms. The van der Waals surface area contributed by atoms with Crippen LogP contribution < -0.4 is 4.72 Å². The summed E-state index contributed by atoms with van der Waals surface area (Å²) in [6.45, 7) is 7.33. The Kier molecular flexibility index (Phi) is 6.12. The van der Waals surface area contributed by atoms with E-state index in [0.717, 1.165) is 6.42 Å². The Morgan fingerprint density at radius 1 is 1.35 bits per heavy atom. The number of carbonyl (C=O) groups is 1. The van der Waals surface area contributed by atoms with Gasteiger partial charge in [0.05, 0.1) is 11.7 Å². The summed E-state index contributed by atoms with van der Waals surface area (Å²) in [5.41, 5.74) is -0.338. The molecule has 0 aromatic heterocycles. The summed E-state index contributed by atoms with van der Waals surface area (Å²) in [4.78, 5) is 10.9. The zero-order valence-corrected chi connectivity index (χ0v) is 11.8. The summed E-state index contributed by atoms with van der Waals surface area (Å²) in [6, 6.07) is 0. The smallest absolute Gasteiger partial charge is 0.307 e.